The number of rotatable bonds is 3. The number of halogens is 3. The molecule has 2 N–H and O–H groups in total. The zero-order valence-corrected chi connectivity index (χ0v) is 13.4. The Kier molecular flexibility index (Phi) is 4.78. The van der Waals surface area contributed by atoms with Crippen LogP contribution in [0.1, 0.15) is 11.3 Å². The maximum atomic E-state index is 12.9. The molecular weight excluding hydrogens is 337 g/mol. The fraction of sp³-hybridized carbons (Fsp3) is 0.375. The molecule has 1 atom stereocenters. The highest BCUT2D eigenvalue weighted by Crippen LogP contribution is 2.31. The van der Waals surface area contributed by atoms with Gasteiger partial charge in [-0.1, -0.05) is 6.07 Å². The molecule has 1 aliphatic rings. The van der Waals surface area contributed by atoms with Gasteiger partial charge in [-0.15, -0.1) is 0 Å². The first-order valence-corrected chi connectivity index (χ1v) is 7.72. The lowest BCUT2D eigenvalue weighted by atomic mass is 10.2. The van der Waals surface area contributed by atoms with Gasteiger partial charge in [-0.3, -0.25) is 4.79 Å². The Balaban J connectivity index is 1.87. The summed E-state index contributed by atoms with van der Waals surface area (Å²) in [7, 11) is 0. The fourth-order valence-corrected chi connectivity index (χ4v) is 2.54. The largest absolute Gasteiger partial charge is 0.416 e. The minimum absolute atomic E-state index is 0.209. The molecule has 3 rings (SSSR count). The van der Waals surface area contributed by atoms with Crippen molar-refractivity contribution in [3.8, 4) is 5.69 Å². The normalized spacial score (nSPS) is 18.2. The summed E-state index contributed by atoms with van der Waals surface area (Å²) >= 11 is 0. The summed E-state index contributed by atoms with van der Waals surface area (Å²) in [6.45, 7) is 3.16. The highest BCUT2D eigenvalue weighted by Gasteiger charge is 2.31. The van der Waals surface area contributed by atoms with E-state index in [2.05, 4.69) is 15.7 Å². The molecule has 0 unspecified atom stereocenters. The van der Waals surface area contributed by atoms with Gasteiger partial charge in [0.2, 0.25) is 0 Å². The van der Waals surface area contributed by atoms with Gasteiger partial charge in [0.05, 0.1) is 23.6 Å². The second-order valence-electron chi connectivity index (χ2n) is 5.68. The Hall–Kier alpha value is -2.39. The number of nitrogens with zero attached hydrogens (tertiary/aromatic N) is 2. The van der Waals surface area contributed by atoms with Crippen molar-refractivity contribution in [3.05, 3.63) is 41.6 Å². The van der Waals surface area contributed by atoms with Gasteiger partial charge in [0.25, 0.3) is 5.91 Å². The Bertz CT molecular complexity index is 767. The molecule has 1 fully saturated rings. The first kappa shape index (κ1) is 17.4. The minimum Gasteiger partial charge on any atom is -0.366 e. The van der Waals surface area contributed by atoms with E-state index in [0.29, 0.717) is 25.4 Å². The number of carbonyl (C=O) groups excluding carboxylic acids is 1. The average molecular weight is 354 g/mol. The van der Waals surface area contributed by atoms with Crippen molar-refractivity contribution in [2.24, 2.45) is 0 Å². The average Bonchev–Trinajstić information content (AvgIpc) is 2.95. The molecule has 1 saturated heterocycles. The van der Waals surface area contributed by atoms with E-state index in [1.54, 1.807) is 13.0 Å². The highest BCUT2D eigenvalue weighted by molar-refractivity contribution is 5.94. The van der Waals surface area contributed by atoms with Crippen LogP contribution in [0, 0.1) is 6.92 Å². The summed E-state index contributed by atoms with van der Waals surface area (Å²) in [6, 6.07) is 6.36. The van der Waals surface area contributed by atoms with Crippen LogP contribution in [0.15, 0.2) is 30.3 Å². The number of ether oxygens (including phenoxy) is 1. The number of benzene rings is 1. The second kappa shape index (κ2) is 6.85. The Morgan fingerprint density at radius 2 is 2.20 bits per heavy atom. The number of alkyl halides is 3. The van der Waals surface area contributed by atoms with E-state index < -0.39 is 17.8 Å². The maximum Gasteiger partial charge on any atom is 0.416 e. The summed E-state index contributed by atoms with van der Waals surface area (Å²) in [5.41, 5.74) is -0.00782. The van der Waals surface area contributed by atoms with E-state index in [1.165, 1.54) is 16.8 Å². The summed E-state index contributed by atoms with van der Waals surface area (Å²) < 4.78 is 45.4. The van der Waals surface area contributed by atoms with Gasteiger partial charge in [-0.25, -0.2) is 4.68 Å². The van der Waals surface area contributed by atoms with Crippen LogP contribution in [0.4, 0.5) is 19.0 Å². The molecule has 0 bridgehead atoms. The molecule has 0 saturated carbocycles. The third kappa shape index (κ3) is 3.99. The van der Waals surface area contributed by atoms with Crippen LogP contribution in [0.5, 0.6) is 0 Å². The molecule has 6 nitrogen and oxygen atoms in total. The van der Waals surface area contributed by atoms with E-state index in [9.17, 15) is 18.0 Å². The van der Waals surface area contributed by atoms with Crippen LogP contribution >= 0.6 is 0 Å². The molecule has 0 aliphatic carbocycles. The monoisotopic (exact) mass is 354 g/mol. The van der Waals surface area contributed by atoms with Crippen LogP contribution in [0.25, 0.3) is 5.69 Å². The van der Waals surface area contributed by atoms with Gasteiger partial charge < -0.3 is 15.4 Å². The molecule has 1 aliphatic heterocycles. The molecule has 2 aromatic rings. The van der Waals surface area contributed by atoms with Crippen LogP contribution < -0.4 is 10.6 Å². The molecule has 1 amide bonds. The Labute approximate surface area is 142 Å². The molecule has 0 spiro atoms. The number of morpholine rings is 1. The standard InChI is InChI=1S/C16H17F3N4O2/c1-10-7-14(21-15(24)13-9-20-5-6-25-13)23(22-10)12-4-2-3-11(8-12)16(17,18)19/h2-4,7-8,13,20H,5-6,9H2,1H3,(H,21,24)/t13-/m1/s1. The first-order valence-electron chi connectivity index (χ1n) is 7.72. The van der Waals surface area contributed by atoms with Gasteiger partial charge in [0.15, 0.2) is 0 Å². The predicted octanol–water partition coefficient (Wildman–Crippen LogP) is 2.13. The smallest absolute Gasteiger partial charge is 0.366 e. The van der Waals surface area contributed by atoms with Gasteiger partial charge in [0.1, 0.15) is 11.9 Å². The Morgan fingerprint density at radius 1 is 1.40 bits per heavy atom. The molecular formula is C16H17F3N4O2. The second-order valence-corrected chi connectivity index (χ2v) is 5.68. The van der Waals surface area contributed by atoms with Gasteiger partial charge in [0, 0.05) is 19.2 Å². The van der Waals surface area contributed by atoms with Crippen LogP contribution in [0.2, 0.25) is 0 Å². The number of hydrogen-bond donors (Lipinski definition) is 2. The lowest BCUT2D eigenvalue weighted by Crippen LogP contribution is -2.45. The summed E-state index contributed by atoms with van der Waals surface area (Å²) in [4.78, 5) is 12.3. The van der Waals surface area contributed by atoms with E-state index in [4.69, 9.17) is 4.74 Å². The van der Waals surface area contributed by atoms with Gasteiger partial charge in [-0.2, -0.15) is 18.3 Å². The van der Waals surface area contributed by atoms with Gasteiger partial charge in [-0.05, 0) is 25.1 Å². The summed E-state index contributed by atoms with van der Waals surface area (Å²) in [5.74, 6) is -0.0867. The van der Waals surface area contributed by atoms with Crippen LogP contribution in [-0.2, 0) is 15.7 Å². The summed E-state index contributed by atoms with van der Waals surface area (Å²) in [5, 5.41) is 9.90. The highest BCUT2D eigenvalue weighted by atomic mass is 19.4. The predicted molar refractivity (Wildman–Crippen MR) is 84.5 cm³/mol. The topological polar surface area (TPSA) is 68.2 Å². The molecule has 9 heteroatoms. The van der Waals surface area contributed by atoms with E-state index >= 15 is 0 Å². The van der Waals surface area contributed by atoms with Crippen molar-refractivity contribution < 1.29 is 22.7 Å². The molecule has 1 aromatic carbocycles. The van der Waals surface area contributed by atoms with Crippen molar-refractivity contribution in [3.63, 3.8) is 0 Å². The molecule has 2 heterocycles. The quantitative estimate of drug-likeness (QED) is 0.886. The van der Waals surface area contributed by atoms with Crippen molar-refractivity contribution in [2.45, 2.75) is 19.2 Å². The number of carbonyl (C=O) groups is 1. The lowest BCUT2D eigenvalue weighted by molar-refractivity contribution is -0.137. The SMILES string of the molecule is Cc1cc(NC(=O)[C@H]2CNCCO2)n(-c2cccc(C(F)(F)F)c2)n1. The molecule has 1 aromatic heterocycles. The fourth-order valence-electron chi connectivity index (χ4n) is 2.54. The number of hydrogen-bond acceptors (Lipinski definition) is 4. The zero-order chi connectivity index (χ0) is 18.0. The number of anilines is 1. The Morgan fingerprint density at radius 3 is 2.88 bits per heavy atom. The zero-order valence-electron chi connectivity index (χ0n) is 13.4. The van der Waals surface area contributed by atoms with E-state index in [-0.39, 0.29) is 17.4 Å². The number of aromatic nitrogens is 2. The van der Waals surface area contributed by atoms with Crippen molar-refractivity contribution >= 4 is 11.7 Å². The number of amides is 1. The minimum atomic E-state index is -4.46. The third-order valence-corrected chi connectivity index (χ3v) is 3.72. The van der Waals surface area contributed by atoms with Crippen molar-refractivity contribution in [2.75, 3.05) is 25.0 Å². The third-order valence-electron chi connectivity index (χ3n) is 3.72. The number of nitrogens with one attached hydrogen (secondary N) is 2. The number of aryl methyl sites for hydroxylation is 1. The van der Waals surface area contributed by atoms with Crippen LogP contribution in [-0.4, -0.2) is 41.5 Å². The van der Waals surface area contributed by atoms with Crippen LogP contribution in [0.3, 0.4) is 0 Å². The van der Waals surface area contributed by atoms with E-state index in [1.807, 2.05) is 0 Å². The van der Waals surface area contributed by atoms with E-state index in [0.717, 1.165) is 12.1 Å². The molecule has 25 heavy (non-hydrogen) atoms. The van der Waals surface area contributed by atoms with Crippen molar-refractivity contribution in [1.29, 1.82) is 0 Å². The first-order chi connectivity index (χ1) is 11.8. The molecule has 0 radical (unpaired) electrons. The van der Waals surface area contributed by atoms with Crippen molar-refractivity contribution in [1.82, 2.24) is 15.1 Å². The summed E-state index contributed by atoms with van der Waals surface area (Å²) in [6.07, 6.45) is -5.11. The van der Waals surface area contributed by atoms with Gasteiger partial charge >= 0.3 is 6.18 Å². The maximum absolute atomic E-state index is 12.9. The lowest BCUT2D eigenvalue weighted by Gasteiger charge is -2.22. The molecule has 134 valence electrons.